The lowest BCUT2D eigenvalue weighted by Gasteiger charge is -2.31. The van der Waals surface area contributed by atoms with Gasteiger partial charge in [-0.15, -0.1) is 0 Å². The average Bonchev–Trinajstić information content (AvgIpc) is 3.29. The van der Waals surface area contributed by atoms with Crippen LogP contribution in [0.15, 0.2) is 60.0 Å². The molecule has 0 atom stereocenters. The Morgan fingerprint density at radius 3 is 2.51 bits per heavy atom. The summed E-state index contributed by atoms with van der Waals surface area (Å²) in [5.74, 6) is 0.354. The monoisotopic (exact) mass is 604 g/mol. The zero-order valence-corrected chi connectivity index (χ0v) is 21.7. The molecule has 12 heteroatoms. The van der Waals surface area contributed by atoms with Crippen LogP contribution < -0.4 is 4.74 Å². The first-order chi connectivity index (χ1) is 16.8. The highest BCUT2D eigenvalue weighted by Crippen LogP contribution is 2.27. The fourth-order valence-electron chi connectivity index (χ4n) is 3.96. The topological polar surface area (TPSA) is 120 Å². The van der Waals surface area contributed by atoms with Crippen LogP contribution in [0.2, 0.25) is 0 Å². The molecule has 1 fully saturated rings. The Bertz CT molecular complexity index is 1500. The van der Waals surface area contributed by atoms with E-state index >= 15 is 0 Å². The van der Waals surface area contributed by atoms with Crippen LogP contribution in [0.4, 0.5) is 0 Å². The second-order valence-corrected chi connectivity index (χ2v) is 11.5. The van der Waals surface area contributed by atoms with E-state index in [2.05, 4.69) is 42.6 Å². The highest BCUT2D eigenvalue weighted by molar-refractivity contribution is 14.1. The number of pyridine rings is 1. The van der Waals surface area contributed by atoms with Crippen LogP contribution >= 0.6 is 22.6 Å². The number of benzene rings is 1. The van der Waals surface area contributed by atoms with Gasteiger partial charge in [0.2, 0.25) is 5.88 Å². The number of rotatable bonds is 5. The smallest absolute Gasteiger partial charge is 0.272 e. The number of piperidine rings is 1. The van der Waals surface area contributed by atoms with E-state index in [1.54, 1.807) is 40.2 Å². The molecule has 0 radical (unpaired) electrons. The maximum absolute atomic E-state index is 12.8. The van der Waals surface area contributed by atoms with E-state index in [1.165, 1.54) is 24.7 Å². The molecule has 180 valence electrons. The molecule has 0 spiro atoms. The number of carbonyl (C=O) groups excluding carboxylic acids is 1. The van der Waals surface area contributed by atoms with Crippen molar-refractivity contribution >= 4 is 49.4 Å². The Balaban J connectivity index is 1.29. The summed E-state index contributed by atoms with van der Waals surface area (Å²) in [6.07, 6.45) is 7.11. The Morgan fingerprint density at radius 1 is 1.09 bits per heavy atom. The van der Waals surface area contributed by atoms with Crippen molar-refractivity contribution in [2.24, 2.45) is 0 Å². The van der Waals surface area contributed by atoms with E-state index in [1.807, 2.05) is 6.07 Å². The van der Waals surface area contributed by atoms with Crippen molar-refractivity contribution in [1.82, 2.24) is 29.6 Å². The van der Waals surface area contributed by atoms with Gasteiger partial charge in [-0.05, 0) is 59.0 Å². The van der Waals surface area contributed by atoms with Gasteiger partial charge in [0.1, 0.15) is 23.5 Å². The van der Waals surface area contributed by atoms with Crippen LogP contribution in [0, 0.1) is 3.57 Å². The molecule has 4 aromatic rings. The quantitative estimate of drug-likeness (QED) is 0.319. The Hall–Kier alpha value is -3.13. The van der Waals surface area contributed by atoms with Gasteiger partial charge in [0.25, 0.3) is 5.91 Å². The second kappa shape index (κ2) is 9.49. The lowest BCUT2D eigenvalue weighted by Crippen LogP contribution is -2.42. The molecule has 1 saturated heterocycles. The lowest BCUT2D eigenvalue weighted by atomic mass is 10.1. The summed E-state index contributed by atoms with van der Waals surface area (Å²) in [6, 6.07) is 10.1. The molecule has 35 heavy (non-hydrogen) atoms. The third kappa shape index (κ3) is 4.98. The molecule has 4 heterocycles. The van der Waals surface area contributed by atoms with Gasteiger partial charge in [-0.25, -0.2) is 23.1 Å². The first-order valence-electron chi connectivity index (χ1n) is 10.9. The first kappa shape index (κ1) is 23.6. The van der Waals surface area contributed by atoms with Crippen molar-refractivity contribution in [2.75, 3.05) is 19.3 Å². The van der Waals surface area contributed by atoms with E-state index < -0.39 is 9.84 Å². The van der Waals surface area contributed by atoms with Crippen molar-refractivity contribution in [3.8, 4) is 11.6 Å². The molecule has 1 aliphatic rings. The van der Waals surface area contributed by atoms with Crippen molar-refractivity contribution in [3.05, 3.63) is 64.4 Å². The van der Waals surface area contributed by atoms with Crippen LogP contribution in [0.25, 0.3) is 16.7 Å². The van der Waals surface area contributed by atoms with Crippen molar-refractivity contribution in [3.63, 3.8) is 0 Å². The van der Waals surface area contributed by atoms with E-state index in [0.717, 1.165) is 3.57 Å². The number of ether oxygens (including phenoxy) is 1. The van der Waals surface area contributed by atoms with Gasteiger partial charge in [-0.3, -0.25) is 9.78 Å². The minimum Gasteiger partial charge on any atom is -0.474 e. The van der Waals surface area contributed by atoms with Crippen molar-refractivity contribution in [2.45, 2.75) is 23.8 Å². The SMILES string of the molecule is CS(=O)(=O)c1ccc(-n2ncc3c(OC4CCN(C(=O)c5cc(I)ccn5)CC4)ncnc32)cc1. The molecule has 10 nitrogen and oxygen atoms in total. The van der Waals surface area contributed by atoms with E-state index in [9.17, 15) is 13.2 Å². The number of fused-ring (bicyclic) bond motifs is 1. The highest BCUT2D eigenvalue weighted by Gasteiger charge is 2.26. The first-order valence-corrected chi connectivity index (χ1v) is 13.8. The molecular formula is C23H21IN6O4S. The predicted molar refractivity (Wildman–Crippen MR) is 136 cm³/mol. The number of nitrogens with zero attached hydrogens (tertiary/aromatic N) is 6. The Morgan fingerprint density at radius 2 is 1.83 bits per heavy atom. The number of carbonyl (C=O) groups is 1. The fraction of sp³-hybridized carbons (Fsp3) is 0.261. The van der Waals surface area contributed by atoms with Gasteiger partial charge in [-0.2, -0.15) is 5.10 Å². The van der Waals surface area contributed by atoms with Gasteiger partial charge >= 0.3 is 0 Å². The van der Waals surface area contributed by atoms with E-state index in [0.29, 0.717) is 54.2 Å². The van der Waals surface area contributed by atoms with Crippen molar-refractivity contribution in [1.29, 1.82) is 0 Å². The maximum atomic E-state index is 12.8. The summed E-state index contributed by atoms with van der Waals surface area (Å²) in [5, 5.41) is 5.07. The molecule has 1 amide bonds. The molecule has 0 unspecified atom stereocenters. The molecule has 1 aliphatic heterocycles. The number of halogens is 1. The average molecular weight is 604 g/mol. The standard InChI is InChI=1S/C23H21IN6O4S/c1-35(32,33)18-4-2-16(3-5-18)30-21-19(13-28-30)22(27-14-26-21)34-17-7-10-29(11-8-17)23(31)20-12-15(24)6-9-25-20/h2-6,9,12-14,17H,7-8,10-11H2,1H3. The Labute approximate surface area is 215 Å². The molecule has 0 bridgehead atoms. The largest absolute Gasteiger partial charge is 0.474 e. The summed E-state index contributed by atoms with van der Waals surface area (Å²) in [5.41, 5.74) is 1.68. The predicted octanol–water partition coefficient (Wildman–Crippen LogP) is 2.90. The molecule has 0 aliphatic carbocycles. The molecule has 1 aromatic carbocycles. The van der Waals surface area contributed by atoms with E-state index in [4.69, 9.17) is 4.74 Å². The van der Waals surface area contributed by atoms with Crippen LogP contribution in [0.5, 0.6) is 5.88 Å². The van der Waals surface area contributed by atoms with Gasteiger partial charge in [0, 0.05) is 42.0 Å². The summed E-state index contributed by atoms with van der Waals surface area (Å²) in [4.78, 5) is 27.6. The van der Waals surface area contributed by atoms with Gasteiger partial charge in [-0.1, -0.05) is 0 Å². The number of sulfone groups is 1. The molecule has 0 saturated carbocycles. The normalized spacial score (nSPS) is 14.9. The van der Waals surface area contributed by atoms with Gasteiger partial charge < -0.3 is 9.64 Å². The van der Waals surface area contributed by atoms with Gasteiger partial charge in [0.05, 0.1) is 16.8 Å². The molecular weight excluding hydrogens is 583 g/mol. The fourth-order valence-corrected chi connectivity index (χ4v) is 5.04. The number of amides is 1. The number of aromatic nitrogens is 5. The number of hydrogen-bond donors (Lipinski definition) is 0. The van der Waals surface area contributed by atoms with Crippen LogP contribution in [0.3, 0.4) is 0 Å². The summed E-state index contributed by atoms with van der Waals surface area (Å²) in [6.45, 7) is 1.13. The minimum absolute atomic E-state index is 0.0745. The maximum Gasteiger partial charge on any atom is 0.272 e. The second-order valence-electron chi connectivity index (χ2n) is 8.21. The van der Waals surface area contributed by atoms with Gasteiger partial charge in [0.15, 0.2) is 15.5 Å². The van der Waals surface area contributed by atoms with Crippen LogP contribution in [-0.2, 0) is 9.84 Å². The number of likely N-dealkylation sites (tertiary alicyclic amines) is 1. The summed E-state index contributed by atoms with van der Waals surface area (Å²) in [7, 11) is -3.28. The van der Waals surface area contributed by atoms with Crippen molar-refractivity contribution < 1.29 is 17.9 Å². The molecule has 0 N–H and O–H groups in total. The lowest BCUT2D eigenvalue weighted by molar-refractivity contribution is 0.0585. The molecule has 3 aromatic heterocycles. The zero-order chi connectivity index (χ0) is 24.6. The van der Waals surface area contributed by atoms with Crippen LogP contribution in [-0.4, -0.2) is 69.4 Å². The Kier molecular flexibility index (Phi) is 6.40. The molecule has 5 rings (SSSR count). The van der Waals surface area contributed by atoms with E-state index in [-0.39, 0.29) is 16.9 Å². The number of hydrogen-bond acceptors (Lipinski definition) is 8. The zero-order valence-electron chi connectivity index (χ0n) is 18.7. The third-order valence-corrected chi connectivity index (χ3v) is 7.59. The highest BCUT2D eigenvalue weighted by atomic mass is 127. The summed E-state index contributed by atoms with van der Waals surface area (Å²) >= 11 is 2.17. The van der Waals surface area contributed by atoms with Crippen LogP contribution in [0.1, 0.15) is 23.3 Å². The third-order valence-electron chi connectivity index (χ3n) is 5.79. The summed E-state index contributed by atoms with van der Waals surface area (Å²) < 4.78 is 32.3. The minimum atomic E-state index is -3.28.